The van der Waals surface area contributed by atoms with E-state index in [1.807, 2.05) is 26.0 Å². The van der Waals surface area contributed by atoms with Crippen LogP contribution in [0.25, 0.3) is 5.65 Å². The van der Waals surface area contributed by atoms with Crippen LogP contribution in [0.5, 0.6) is 5.75 Å². The number of benzene rings is 1. The molecule has 0 bridgehead atoms. The van der Waals surface area contributed by atoms with E-state index in [4.69, 9.17) is 4.74 Å². The monoisotopic (exact) mass is 354 g/mol. The normalized spacial score (nSPS) is 10.7. The molecule has 134 valence electrons. The predicted octanol–water partition coefficient (Wildman–Crippen LogP) is 3.37. The van der Waals surface area contributed by atoms with E-state index in [1.165, 1.54) is 19.2 Å². The molecule has 0 aliphatic rings. The minimum atomic E-state index is -0.552. The third-order valence-electron chi connectivity index (χ3n) is 4.10. The first-order valence-corrected chi connectivity index (χ1v) is 8.06. The highest BCUT2D eigenvalue weighted by Crippen LogP contribution is 2.30. The van der Waals surface area contributed by atoms with E-state index in [1.54, 1.807) is 16.7 Å². The molecule has 0 spiro atoms. The third-order valence-corrected chi connectivity index (χ3v) is 4.10. The first-order valence-electron chi connectivity index (χ1n) is 8.06. The van der Waals surface area contributed by atoms with Crippen LogP contribution in [0.15, 0.2) is 36.5 Å². The molecule has 1 aromatic carbocycles. The Morgan fingerprint density at radius 1 is 1.38 bits per heavy atom. The fourth-order valence-electron chi connectivity index (χ4n) is 2.84. The summed E-state index contributed by atoms with van der Waals surface area (Å²) in [5.41, 5.74) is 2.86. The van der Waals surface area contributed by atoms with Crippen molar-refractivity contribution in [2.75, 3.05) is 12.4 Å². The van der Waals surface area contributed by atoms with Gasteiger partial charge in [0, 0.05) is 18.0 Å². The number of carbonyl (C=O) groups is 1. The van der Waals surface area contributed by atoms with Gasteiger partial charge in [0.1, 0.15) is 11.3 Å². The summed E-state index contributed by atoms with van der Waals surface area (Å²) in [7, 11) is 1.36. The molecule has 0 radical (unpaired) electrons. The number of hydrogen-bond donors (Lipinski definition) is 1. The summed E-state index contributed by atoms with van der Waals surface area (Å²) >= 11 is 0. The maximum absolute atomic E-state index is 12.8. The lowest BCUT2D eigenvalue weighted by molar-refractivity contribution is -0.385. The highest BCUT2D eigenvalue weighted by Gasteiger charge is 2.21. The molecule has 0 saturated carbocycles. The number of nitro groups is 1. The van der Waals surface area contributed by atoms with E-state index in [2.05, 4.69) is 10.3 Å². The SMILES string of the molecule is CCc1nc2c(C)cccn2c1C(=O)Nc1ccc(OC)c([N+](=O)[O-])c1. The van der Waals surface area contributed by atoms with Gasteiger partial charge in [-0.15, -0.1) is 0 Å². The number of anilines is 1. The van der Waals surface area contributed by atoms with Crippen LogP contribution in [0.4, 0.5) is 11.4 Å². The largest absolute Gasteiger partial charge is 0.490 e. The summed E-state index contributed by atoms with van der Waals surface area (Å²) in [6.07, 6.45) is 2.37. The van der Waals surface area contributed by atoms with Crippen molar-refractivity contribution in [3.05, 3.63) is 63.6 Å². The number of aromatic nitrogens is 2. The van der Waals surface area contributed by atoms with Crippen molar-refractivity contribution < 1.29 is 14.5 Å². The summed E-state index contributed by atoms with van der Waals surface area (Å²) in [6.45, 7) is 3.85. The second-order valence-electron chi connectivity index (χ2n) is 5.74. The zero-order valence-electron chi connectivity index (χ0n) is 14.6. The van der Waals surface area contributed by atoms with Gasteiger partial charge >= 0.3 is 5.69 Å². The standard InChI is InChI=1S/C18H18N4O4/c1-4-13-16(21-9-5-6-11(2)17(21)20-13)18(23)19-12-7-8-15(26-3)14(10-12)22(24)25/h5-10H,4H2,1-3H3,(H,19,23). The average molecular weight is 354 g/mol. The van der Waals surface area contributed by atoms with Crippen molar-refractivity contribution >= 4 is 22.9 Å². The molecule has 8 nitrogen and oxygen atoms in total. The molecule has 1 amide bonds. The van der Waals surface area contributed by atoms with Crippen LogP contribution >= 0.6 is 0 Å². The fraction of sp³-hybridized carbons (Fsp3) is 0.222. The van der Waals surface area contributed by atoms with Gasteiger partial charge in [-0.1, -0.05) is 13.0 Å². The van der Waals surface area contributed by atoms with Crippen LogP contribution in [0.1, 0.15) is 28.7 Å². The number of hydrogen-bond acceptors (Lipinski definition) is 5. The van der Waals surface area contributed by atoms with Gasteiger partial charge in [0.05, 0.1) is 17.7 Å². The van der Waals surface area contributed by atoms with Gasteiger partial charge in [0.25, 0.3) is 5.91 Å². The van der Waals surface area contributed by atoms with Crippen LogP contribution in [0, 0.1) is 17.0 Å². The Morgan fingerprint density at radius 2 is 2.15 bits per heavy atom. The van der Waals surface area contributed by atoms with Gasteiger partial charge in [-0.3, -0.25) is 19.3 Å². The molecule has 0 saturated heterocycles. The molecule has 0 atom stereocenters. The maximum Gasteiger partial charge on any atom is 0.312 e. The van der Waals surface area contributed by atoms with Crippen molar-refractivity contribution in [2.45, 2.75) is 20.3 Å². The molecule has 2 aromatic heterocycles. The number of pyridine rings is 1. The molecule has 2 heterocycles. The number of nitro benzene ring substituents is 1. The Kier molecular flexibility index (Phi) is 4.57. The van der Waals surface area contributed by atoms with Crippen LogP contribution in [0.3, 0.4) is 0 Å². The Morgan fingerprint density at radius 3 is 2.81 bits per heavy atom. The maximum atomic E-state index is 12.8. The molecular weight excluding hydrogens is 336 g/mol. The minimum Gasteiger partial charge on any atom is -0.490 e. The van der Waals surface area contributed by atoms with Gasteiger partial charge in [-0.2, -0.15) is 0 Å². The van der Waals surface area contributed by atoms with E-state index in [0.717, 1.165) is 11.2 Å². The van der Waals surface area contributed by atoms with Crippen LogP contribution < -0.4 is 10.1 Å². The number of amides is 1. The van der Waals surface area contributed by atoms with Crippen molar-refractivity contribution in [3.63, 3.8) is 0 Å². The number of nitrogens with one attached hydrogen (secondary N) is 1. The summed E-state index contributed by atoms with van der Waals surface area (Å²) in [5, 5.41) is 13.9. The van der Waals surface area contributed by atoms with E-state index in [0.29, 0.717) is 23.5 Å². The molecule has 0 unspecified atom stereocenters. The lowest BCUT2D eigenvalue weighted by Gasteiger charge is -2.08. The number of aryl methyl sites for hydroxylation is 2. The number of fused-ring (bicyclic) bond motifs is 1. The topological polar surface area (TPSA) is 98.8 Å². The summed E-state index contributed by atoms with van der Waals surface area (Å²) < 4.78 is 6.72. The second-order valence-corrected chi connectivity index (χ2v) is 5.74. The molecular formula is C18H18N4O4. The predicted molar refractivity (Wildman–Crippen MR) is 96.9 cm³/mol. The highest BCUT2D eigenvalue weighted by molar-refractivity contribution is 6.04. The second kappa shape index (κ2) is 6.83. The number of carbonyl (C=O) groups excluding carboxylic acids is 1. The lowest BCUT2D eigenvalue weighted by atomic mass is 10.2. The van der Waals surface area contributed by atoms with E-state index >= 15 is 0 Å². The minimum absolute atomic E-state index is 0.132. The zero-order chi connectivity index (χ0) is 18.8. The molecule has 0 fully saturated rings. The van der Waals surface area contributed by atoms with Crippen molar-refractivity contribution in [1.82, 2.24) is 9.38 Å². The lowest BCUT2D eigenvalue weighted by Crippen LogP contribution is -2.16. The molecule has 3 aromatic rings. The first-order chi connectivity index (χ1) is 12.5. The summed E-state index contributed by atoms with van der Waals surface area (Å²) in [4.78, 5) is 28.0. The molecule has 3 rings (SSSR count). The molecule has 0 aliphatic carbocycles. The number of rotatable bonds is 5. The Balaban J connectivity index is 2.01. The van der Waals surface area contributed by atoms with Crippen molar-refractivity contribution in [2.24, 2.45) is 0 Å². The molecule has 8 heteroatoms. The summed E-state index contributed by atoms with van der Waals surface area (Å²) in [5.74, 6) is -0.243. The molecule has 1 N–H and O–H groups in total. The average Bonchev–Trinajstić information content (AvgIpc) is 3.01. The Hall–Kier alpha value is -3.42. The molecule has 0 aliphatic heterocycles. The van der Waals surface area contributed by atoms with Gasteiger partial charge in [0.15, 0.2) is 5.75 Å². The third kappa shape index (κ3) is 2.97. The van der Waals surface area contributed by atoms with Gasteiger partial charge in [-0.05, 0) is 37.1 Å². The van der Waals surface area contributed by atoms with Gasteiger partial charge < -0.3 is 10.1 Å². The Labute approximate surface area is 149 Å². The Bertz CT molecular complexity index is 1010. The number of methoxy groups -OCH3 is 1. The van der Waals surface area contributed by atoms with Crippen LogP contribution in [0.2, 0.25) is 0 Å². The zero-order valence-corrected chi connectivity index (χ0v) is 14.6. The summed E-state index contributed by atoms with van der Waals surface area (Å²) in [6, 6.07) is 8.06. The first kappa shape index (κ1) is 17.4. The molecule has 26 heavy (non-hydrogen) atoms. The van der Waals surface area contributed by atoms with Crippen LogP contribution in [-0.4, -0.2) is 27.3 Å². The number of imidazole rings is 1. The fourth-order valence-corrected chi connectivity index (χ4v) is 2.84. The smallest absolute Gasteiger partial charge is 0.312 e. The van der Waals surface area contributed by atoms with Gasteiger partial charge in [0.2, 0.25) is 0 Å². The number of ether oxygens (including phenoxy) is 1. The van der Waals surface area contributed by atoms with Gasteiger partial charge in [-0.25, -0.2) is 4.98 Å². The van der Waals surface area contributed by atoms with Crippen molar-refractivity contribution in [1.29, 1.82) is 0 Å². The van der Waals surface area contributed by atoms with Crippen molar-refractivity contribution in [3.8, 4) is 5.75 Å². The van der Waals surface area contributed by atoms with E-state index in [9.17, 15) is 14.9 Å². The van der Waals surface area contributed by atoms with Crippen LogP contribution in [-0.2, 0) is 6.42 Å². The van der Waals surface area contributed by atoms with E-state index < -0.39 is 4.92 Å². The highest BCUT2D eigenvalue weighted by atomic mass is 16.6. The number of nitrogens with zero attached hydrogens (tertiary/aromatic N) is 3. The van der Waals surface area contributed by atoms with E-state index in [-0.39, 0.29) is 17.3 Å². The quantitative estimate of drug-likeness (QED) is 0.559.